The van der Waals surface area contributed by atoms with Crippen LogP contribution in [0.2, 0.25) is 0 Å². The smallest absolute Gasteiger partial charge is 0.263 e. The first-order chi connectivity index (χ1) is 10.0. The van der Waals surface area contributed by atoms with Crippen LogP contribution in [0.5, 0.6) is 0 Å². The maximum atomic E-state index is 12.0. The van der Waals surface area contributed by atoms with Gasteiger partial charge >= 0.3 is 0 Å². The fraction of sp³-hybridized carbons (Fsp3) is 0.429. The second-order valence-corrected chi connectivity index (χ2v) is 4.72. The molecule has 0 fully saturated rings. The average Bonchev–Trinajstić information content (AvgIpc) is 2.93. The van der Waals surface area contributed by atoms with Crippen LogP contribution in [0.3, 0.4) is 0 Å². The zero-order valence-electron chi connectivity index (χ0n) is 12.3. The molecule has 2 aromatic rings. The number of rotatable bonds is 5. The van der Waals surface area contributed by atoms with Crippen molar-refractivity contribution in [2.24, 2.45) is 7.05 Å². The summed E-state index contributed by atoms with van der Waals surface area (Å²) in [5, 5.41) is 6.46. The molecule has 7 nitrogen and oxygen atoms in total. The minimum absolute atomic E-state index is 0.128. The molecule has 1 N–H and O–H groups in total. The van der Waals surface area contributed by atoms with Gasteiger partial charge in [-0.3, -0.25) is 9.59 Å². The molecule has 0 bridgehead atoms. The van der Waals surface area contributed by atoms with Gasteiger partial charge in [-0.15, -0.1) is 0 Å². The number of hydrogen-bond donors (Lipinski definition) is 1. The van der Waals surface area contributed by atoms with E-state index in [-0.39, 0.29) is 11.1 Å². The van der Waals surface area contributed by atoms with Crippen LogP contribution < -0.4 is 10.9 Å². The zero-order chi connectivity index (χ0) is 15.4. The molecule has 0 atom stereocenters. The molecule has 0 aliphatic heterocycles. The van der Waals surface area contributed by atoms with E-state index < -0.39 is 5.91 Å². The van der Waals surface area contributed by atoms with Crippen molar-refractivity contribution < 1.29 is 9.32 Å². The lowest BCUT2D eigenvalue weighted by Crippen LogP contribution is -2.33. The number of aryl methyl sites for hydroxylation is 2. The van der Waals surface area contributed by atoms with Crippen molar-refractivity contribution in [1.82, 2.24) is 20.0 Å². The minimum atomic E-state index is -0.397. The molecule has 0 aliphatic rings. The van der Waals surface area contributed by atoms with Crippen molar-refractivity contribution >= 4 is 5.91 Å². The summed E-state index contributed by atoms with van der Waals surface area (Å²) < 4.78 is 6.47. The summed E-state index contributed by atoms with van der Waals surface area (Å²) in [6.45, 7) is 4.08. The lowest BCUT2D eigenvalue weighted by Gasteiger charge is -2.07. The Bertz CT molecular complexity index is 702. The molecule has 2 aromatic heterocycles. The molecule has 0 unspecified atom stereocenters. The molecule has 21 heavy (non-hydrogen) atoms. The fourth-order valence-corrected chi connectivity index (χ4v) is 1.81. The van der Waals surface area contributed by atoms with Gasteiger partial charge in [0.1, 0.15) is 5.56 Å². The van der Waals surface area contributed by atoms with E-state index in [9.17, 15) is 9.59 Å². The Kier molecular flexibility index (Phi) is 4.52. The predicted molar refractivity (Wildman–Crippen MR) is 76.1 cm³/mol. The number of nitrogens with zero attached hydrogens (tertiary/aromatic N) is 3. The summed E-state index contributed by atoms with van der Waals surface area (Å²) in [4.78, 5) is 28.1. The Balaban J connectivity index is 1.96. The quantitative estimate of drug-likeness (QED) is 0.871. The largest absolute Gasteiger partial charge is 0.351 e. The number of amides is 1. The first-order valence-corrected chi connectivity index (χ1v) is 6.79. The first-order valence-electron chi connectivity index (χ1n) is 6.79. The van der Waals surface area contributed by atoms with Gasteiger partial charge in [-0.05, 0) is 19.1 Å². The van der Waals surface area contributed by atoms with Gasteiger partial charge in [0.05, 0.1) is 0 Å². The summed E-state index contributed by atoms with van der Waals surface area (Å²) in [5.74, 6) is 0.721. The van der Waals surface area contributed by atoms with Gasteiger partial charge in [-0.2, -0.15) is 4.98 Å². The summed E-state index contributed by atoms with van der Waals surface area (Å²) >= 11 is 0. The first kappa shape index (κ1) is 15.0. The normalized spacial score (nSPS) is 10.6. The second-order valence-electron chi connectivity index (χ2n) is 4.72. The third-order valence-corrected chi connectivity index (χ3v) is 3.25. The number of carbonyl (C=O) groups is 1. The third kappa shape index (κ3) is 3.36. The van der Waals surface area contributed by atoms with Gasteiger partial charge in [-0.1, -0.05) is 12.1 Å². The number of hydrogen-bond acceptors (Lipinski definition) is 5. The van der Waals surface area contributed by atoms with Crippen molar-refractivity contribution in [2.45, 2.75) is 26.7 Å². The molecule has 112 valence electrons. The van der Waals surface area contributed by atoms with E-state index in [2.05, 4.69) is 15.5 Å². The zero-order valence-corrected chi connectivity index (χ0v) is 12.3. The second kappa shape index (κ2) is 6.34. The van der Waals surface area contributed by atoms with E-state index in [0.717, 1.165) is 5.69 Å². The number of pyridine rings is 1. The van der Waals surface area contributed by atoms with Crippen LogP contribution in [0.4, 0.5) is 0 Å². The Morgan fingerprint density at radius 1 is 1.43 bits per heavy atom. The predicted octanol–water partition coefficient (Wildman–Crippen LogP) is 0.612. The highest BCUT2D eigenvalue weighted by Gasteiger charge is 2.12. The average molecular weight is 290 g/mol. The van der Waals surface area contributed by atoms with E-state index >= 15 is 0 Å². The molecular weight excluding hydrogens is 272 g/mol. The van der Waals surface area contributed by atoms with Gasteiger partial charge in [0, 0.05) is 32.1 Å². The lowest BCUT2D eigenvalue weighted by molar-refractivity contribution is 0.0951. The maximum Gasteiger partial charge on any atom is 0.263 e. The molecular formula is C14H18N4O3. The maximum absolute atomic E-state index is 12.0. The minimum Gasteiger partial charge on any atom is -0.351 e. The van der Waals surface area contributed by atoms with E-state index in [4.69, 9.17) is 4.52 Å². The van der Waals surface area contributed by atoms with Gasteiger partial charge in [0.2, 0.25) is 5.89 Å². The van der Waals surface area contributed by atoms with Gasteiger partial charge in [0.15, 0.2) is 5.82 Å². The van der Waals surface area contributed by atoms with Crippen molar-refractivity contribution in [3.8, 4) is 0 Å². The molecule has 0 saturated heterocycles. The van der Waals surface area contributed by atoms with Gasteiger partial charge in [0.25, 0.3) is 11.5 Å². The van der Waals surface area contributed by atoms with Crippen LogP contribution in [-0.4, -0.2) is 27.2 Å². The van der Waals surface area contributed by atoms with Crippen molar-refractivity contribution in [2.75, 3.05) is 6.54 Å². The summed E-state index contributed by atoms with van der Waals surface area (Å²) in [6, 6.07) is 3.27. The SMILES string of the molecule is CCc1noc(CCNC(=O)c2ccc(C)n(C)c2=O)n1. The summed E-state index contributed by atoms with van der Waals surface area (Å²) in [6.07, 6.45) is 1.14. The molecule has 1 amide bonds. The standard InChI is InChI=1S/C14H18N4O3/c1-4-11-16-12(21-17-11)7-8-15-13(19)10-6-5-9(2)18(3)14(10)20/h5-6H,4,7-8H2,1-3H3,(H,15,19). The van der Waals surface area contributed by atoms with E-state index in [1.165, 1.54) is 10.6 Å². The molecule has 7 heteroatoms. The Hall–Kier alpha value is -2.44. The van der Waals surface area contributed by atoms with Crippen LogP contribution in [0.15, 0.2) is 21.5 Å². The van der Waals surface area contributed by atoms with Crippen LogP contribution in [0, 0.1) is 6.92 Å². The molecule has 0 saturated carbocycles. The molecule has 0 aromatic carbocycles. The Morgan fingerprint density at radius 2 is 2.19 bits per heavy atom. The number of aromatic nitrogens is 3. The summed E-state index contributed by atoms with van der Waals surface area (Å²) in [7, 11) is 1.64. The van der Waals surface area contributed by atoms with E-state index in [1.807, 2.05) is 13.8 Å². The highest BCUT2D eigenvalue weighted by atomic mass is 16.5. The van der Waals surface area contributed by atoms with Crippen LogP contribution in [-0.2, 0) is 19.9 Å². The van der Waals surface area contributed by atoms with E-state index in [0.29, 0.717) is 31.1 Å². The fourth-order valence-electron chi connectivity index (χ4n) is 1.81. The number of nitrogens with one attached hydrogen (secondary N) is 1. The Labute approximate surface area is 122 Å². The third-order valence-electron chi connectivity index (χ3n) is 3.25. The van der Waals surface area contributed by atoms with Crippen LogP contribution >= 0.6 is 0 Å². The van der Waals surface area contributed by atoms with Crippen LogP contribution in [0.1, 0.15) is 34.7 Å². The molecule has 2 rings (SSSR count). The Morgan fingerprint density at radius 3 is 2.86 bits per heavy atom. The van der Waals surface area contributed by atoms with Gasteiger partial charge in [-0.25, -0.2) is 0 Å². The van der Waals surface area contributed by atoms with Crippen molar-refractivity contribution in [1.29, 1.82) is 0 Å². The topological polar surface area (TPSA) is 90.0 Å². The molecule has 0 radical (unpaired) electrons. The molecule has 2 heterocycles. The van der Waals surface area contributed by atoms with Crippen LogP contribution in [0.25, 0.3) is 0 Å². The van der Waals surface area contributed by atoms with Crippen molar-refractivity contribution in [3.63, 3.8) is 0 Å². The number of carbonyl (C=O) groups excluding carboxylic acids is 1. The monoisotopic (exact) mass is 290 g/mol. The molecule has 0 aliphatic carbocycles. The van der Waals surface area contributed by atoms with Crippen molar-refractivity contribution in [3.05, 3.63) is 45.5 Å². The highest BCUT2D eigenvalue weighted by molar-refractivity contribution is 5.93. The molecule has 0 spiro atoms. The van der Waals surface area contributed by atoms with E-state index in [1.54, 1.807) is 13.1 Å². The van der Waals surface area contributed by atoms with Gasteiger partial charge < -0.3 is 14.4 Å². The lowest BCUT2D eigenvalue weighted by atomic mass is 10.2. The highest BCUT2D eigenvalue weighted by Crippen LogP contribution is 1.99. The summed E-state index contributed by atoms with van der Waals surface area (Å²) in [5.41, 5.74) is 0.621.